The Morgan fingerprint density at radius 1 is 1.38 bits per heavy atom. The van der Waals surface area contributed by atoms with Crippen molar-refractivity contribution in [1.29, 1.82) is 0 Å². The van der Waals surface area contributed by atoms with Crippen molar-refractivity contribution in [2.75, 3.05) is 0 Å². The van der Waals surface area contributed by atoms with Gasteiger partial charge in [-0.2, -0.15) is 0 Å². The van der Waals surface area contributed by atoms with Crippen LogP contribution in [-0.2, 0) is 0 Å². The third-order valence-corrected chi connectivity index (χ3v) is 3.59. The van der Waals surface area contributed by atoms with E-state index in [-0.39, 0.29) is 24.4 Å². The van der Waals surface area contributed by atoms with Gasteiger partial charge in [-0.15, -0.1) is 12.4 Å². The van der Waals surface area contributed by atoms with Crippen LogP contribution >= 0.6 is 39.9 Å². The van der Waals surface area contributed by atoms with Gasteiger partial charge in [0.05, 0.1) is 17.2 Å². The number of benzene rings is 1. The number of nitrogens with two attached hydrogens (primary N) is 1. The quantitative estimate of drug-likeness (QED) is 0.891. The lowest BCUT2D eigenvalue weighted by Crippen LogP contribution is -2.30. The van der Waals surface area contributed by atoms with Gasteiger partial charge in [-0.05, 0) is 39.5 Å². The Morgan fingerprint density at radius 2 is 1.94 bits per heavy atom. The summed E-state index contributed by atoms with van der Waals surface area (Å²) in [4.78, 5) is 0. The molecule has 5 heteroatoms. The minimum Gasteiger partial charge on any atom is -0.391 e. The van der Waals surface area contributed by atoms with Gasteiger partial charge in [0, 0.05) is 4.47 Å². The van der Waals surface area contributed by atoms with Crippen LogP contribution in [-0.4, -0.2) is 11.2 Å². The molecule has 0 saturated heterocycles. The lowest BCUT2D eigenvalue weighted by atomic mass is 9.95. The average molecular weight is 329 g/mol. The number of hydrogen-bond acceptors (Lipinski definition) is 2. The van der Waals surface area contributed by atoms with Crippen molar-refractivity contribution in [2.24, 2.45) is 11.7 Å². The molecule has 2 nitrogen and oxygen atoms in total. The first kappa shape index (κ1) is 16.2. The van der Waals surface area contributed by atoms with Crippen molar-refractivity contribution in [1.82, 2.24) is 0 Å². The van der Waals surface area contributed by atoms with Gasteiger partial charge in [0.2, 0.25) is 0 Å². The maximum Gasteiger partial charge on any atom is 0.0755 e. The summed E-state index contributed by atoms with van der Waals surface area (Å²) >= 11 is 9.21. The lowest BCUT2D eigenvalue weighted by Gasteiger charge is -2.22. The van der Waals surface area contributed by atoms with Gasteiger partial charge in [-0.3, -0.25) is 0 Å². The summed E-state index contributed by atoms with van der Waals surface area (Å²) in [6.07, 6.45) is -0.543. The molecule has 3 N–H and O–H groups in total. The van der Waals surface area contributed by atoms with Gasteiger partial charge in [0.1, 0.15) is 0 Å². The van der Waals surface area contributed by atoms with E-state index in [2.05, 4.69) is 15.9 Å². The Balaban J connectivity index is 0.00000225. The fraction of sp³-hybridized carbons (Fsp3) is 0.455. The topological polar surface area (TPSA) is 46.2 Å². The summed E-state index contributed by atoms with van der Waals surface area (Å²) in [6.45, 7) is 3.88. The number of halogens is 3. The van der Waals surface area contributed by atoms with Crippen LogP contribution in [0.1, 0.15) is 25.5 Å². The SMILES string of the molecule is CC(C)[C@H](O)[C@H](N)c1ccc(Cl)c(Br)c1.Cl. The second-order valence-corrected chi connectivity index (χ2v) is 5.20. The molecule has 0 radical (unpaired) electrons. The molecule has 0 aliphatic heterocycles. The van der Waals surface area contributed by atoms with E-state index in [1.165, 1.54) is 0 Å². The molecular weight excluding hydrogens is 313 g/mol. The Hall–Kier alpha value is 0.200. The molecule has 0 aliphatic rings. The minimum absolute atomic E-state index is 0. The predicted octanol–water partition coefficient (Wildman–Crippen LogP) is 3.54. The van der Waals surface area contributed by atoms with Crippen LogP contribution < -0.4 is 5.73 Å². The lowest BCUT2D eigenvalue weighted by molar-refractivity contribution is 0.0979. The fourth-order valence-electron chi connectivity index (χ4n) is 1.33. The summed E-state index contributed by atoms with van der Waals surface area (Å²) in [5.41, 5.74) is 6.83. The molecule has 0 unspecified atom stereocenters. The van der Waals surface area contributed by atoms with Crippen molar-refractivity contribution in [3.63, 3.8) is 0 Å². The molecule has 1 aromatic rings. The highest BCUT2D eigenvalue weighted by Gasteiger charge is 2.20. The maximum atomic E-state index is 9.84. The normalized spacial score (nSPS) is 14.4. The van der Waals surface area contributed by atoms with E-state index in [4.69, 9.17) is 17.3 Å². The predicted molar refractivity (Wildman–Crippen MR) is 74.2 cm³/mol. The number of hydrogen-bond donors (Lipinski definition) is 2. The van der Waals surface area contributed by atoms with Crippen LogP contribution in [0.4, 0.5) is 0 Å². The monoisotopic (exact) mass is 327 g/mol. The van der Waals surface area contributed by atoms with Gasteiger partial charge in [0.15, 0.2) is 0 Å². The zero-order valence-corrected chi connectivity index (χ0v) is 12.3. The molecule has 0 spiro atoms. The summed E-state index contributed by atoms with van der Waals surface area (Å²) in [6, 6.07) is 5.08. The first-order valence-corrected chi connectivity index (χ1v) is 5.99. The molecule has 0 aromatic heterocycles. The van der Waals surface area contributed by atoms with E-state index in [9.17, 15) is 5.11 Å². The average Bonchev–Trinajstić information content (AvgIpc) is 2.19. The third kappa shape index (κ3) is 3.90. The number of rotatable bonds is 3. The number of aliphatic hydroxyl groups excluding tert-OH is 1. The van der Waals surface area contributed by atoms with E-state index in [1.807, 2.05) is 26.0 Å². The first-order chi connectivity index (χ1) is 6.93. The van der Waals surface area contributed by atoms with E-state index in [0.717, 1.165) is 10.0 Å². The molecule has 0 bridgehead atoms. The molecule has 0 amide bonds. The number of aliphatic hydroxyl groups is 1. The second-order valence-electron chi connectivity index (χ2n) is 3.93. The van der Waals surface area contributed by atoms with E-state index in [0.29, 0.717) is 5.02 Å². The standard InChI is InChI=1S/C11H15BrClNO.ClH/c1-6(2)11(15)10(14)7-3-4-9(13)8(12)5-7;/h3-6,10-11,15H,14H2,1-2H3;1H/t10-,11+;/m1./s1. The Labute approximate surface area is 116 Å². The maximum absolute atomic E-state index is 9.84. The molecule has 0 aliphatic carbocycles. The van der Waals surface area contributed by atoms with Gasteiger partial charge < -0.3 is 10.8 Å². The molecule has 0 fully saturated rings. The van der Waals surface area contributed by atoms with E-state index >= 15 is 0 Å². The van der Waals surface area contributed by atoms with Crippen LogP contribution in [0.5, 0.6) is 0 Å². The van der Waals surface area contributed by atoms with E-state index < -0.39 is 6.10 Å². The van der Waals surface area contributed by atoms with Crippen molar-refractivity contribution < 1.29 is 5.11 Å². The molecular formula is C11H16BrCl2NO. The third-order valence-electron chi connectivity index (χ3n) is 2.38. The fourth-order valence-corrected chi connectivity index (χ4v) is 1.85. The Kier molecular flexibility index (Phi) is 6.90. The molecule has 1 aromatic carbocycles. The summed E-state index contributed by atoms with van der Waals surface area (Å²) in [7, 11) is 0. The van der Waals surface area contributed by atoms with Crippen LogP contribution in [0.15, 0.2) is 22.7 Å². The van der Waals surface area contributed by atoms with Crippen LogP contribution in [0, 0.1) is 5.92 Å². The first-order valence-electron chi connectivity index (χ1n) is 4.82. The van der Waals surface area contributed by atoms with Gasteiger partial charge >= 0.3 is 0 Å². The highest BCUT2D eigenvalue weighted by Crippen LogP contribution is 2.27. The van der Waals surface area contributed by atoms with E-state index in [1.54, 1.807) is 6.07 Å². The largest absolute Gasteiger partial charge is 0.391 e. The van der Waals surface area contributed by atoms with Crippen LogP contribution in [0.2, 0.25) is 5.02 Å². The minimum atomic E-state index is -0.543. The van der Waals surface area contributed by atoms with Gasteiger partial charge in [0.25, 0.3) is 0 Å². The summed E-state index contributed by atoms with van der Waals surface area (Å²) in [5, 5.41) is 10.5. The Bertz CT molecular complexity index is 347. The van der Waals surface area contributed by atoms with Crippen molar-refractivity contribution in [3.8, 4) is 0 Å². The highest BCUT2D eigenvalue weighted by atomic mass is 79.9. The summed E-state index contributed by atoms with van der Waals surface area (Å²) < 4.78 is 0.799. The van der Waals surface area contributed by atoms with Gasteiger partial charge in [-0.1, -0.05) is 31.5 Å². The van der Waals surface area contributed by atoms with Crippen LogP contribution in [0.3, 0.4) is 0 Å². The smallest absolute Gasteiger partial charge is 0.0755 e. The molecule has 2 atom stereocenters. The zero-order valence-electron chi connectivity index (χ0n) is 9.15. The van der Waals surface area contributed by atoms with Crippen molar-refractivity contribution in [2.45, 2.75) is 26.0 Å². The molecule has 0 saturated carbocycles. The molecule has 92 valence electrons. The zero-order chi connectivity index (χ0) is 11.6. The molecule has 0 heterocycles. The Morgan fingerprint density at radius 3 is 2.38 bits per heavy atom. The van der Waals surface area contributed by atoms with Crippen molar-refractivity contribution in [3.05, 3.63) is 33.3 Å². The molecule has 16 heavy (non-hydrogen) atoms. The van der Waals surface area contributed by atoms with Crippen LogP contribution in [0.25, 0.3) is 0 Å². The summed E-state index contributed by atoms with van der Waals surface area (Å²) in [5.74, 6) is 0.134. The van der Waals surface area contributed by atoms with Gasteiger partial charge in [-0.25, -0.2) is 0 Å². The second kappa shape index (κ2) is 6.82. The van der Waals surface area contributed by atoms with Crippen molar-refractivity contribution >= 4 is 39.9 Å². The molecule has 1 rings (SSSR count). The highest BCUT2D eigenvalue weighted by molar-refractivity contribution is 9.10.